The van der Waals surface area contributed by atoms with Gasteiger partial charge >= 0.3 is 0 Å². The first-order valence-corrected chi connectivity index (χ1v) is 10.7. The molecule has 0 aliphatic carbocycles. The molecule has 0 heterocycles. The van der Waals surface area contributed by atoms with E-state index in [0.29, 0.717) is 27.7 Å². The topological polar surface area (TPSA) is 84.5 Å². The van der Waals surface area contributed by atoms with Crippen molar-refractivity contribution < 1.29 is 22.3 Å². The summed E-state index contributed by atoms with van der Waals surface area (Å²) in [4.78, 5) is 12.0. The van der Waals surface area contributed by atoms with E-state index < -0.39 is 21.7 Å². The third-order valence-corrected chi connectivity index (χ3v) is 5.68. The predicted octanol–water partition coefficient (Wildman–Crippen LogP) is 4.61. The molecule has 0 fully saturated rings. The maximum atomic E-state index is 12.9. The molecule has 0 spiro atoms. The zero-order valence-electron chi connectivity index (χ0n) is 15.9. The van der Waals surface area contributed by atoms with Crippen molar-refractivity contribution in [3.8, 4) is 5.75 Å². The van der Waals surface area contributed by atoms with Crippen molar-refractivity contribution >= 4 is 38.9 Å². The average molecular weight is 449 g/mol. The van der Waals surface area contributed by atoms with Crippen LogP contribution in [0.5, 0.6) is 5.75 Å². The number of carbonyl (C=O) groups excluding carboxylic acids is 1. The Hall–Kier alpha value is -3.10. The molecular formula is C21H18ClFN2O4S. The van der Waals surface area contributed by atoms with Gasteiger partial charge in [-0.2, -0.15) is 0 Å². The molecule has 3 aromatic carbocycles. The van der Waals surface area contributed by atoms with Crippen LogP contribution >= 0.6 is 11.6 Å². The summed E-state index contributed by atoms with van der Waals surface area (Å²) >= 11 is 5.89. The van der Waals surface area contributed by atoms with Crippen LogP contribution in [0, 0.1) is 12.7 Å². The van der Waals surface area contributed by atoms with Gasteiger partial charge in [-0.05, 0) is 79.2 Å². The largest absolute Gasteiger partial charge is 0.484 e. The molecule has 2 N–H and O–H groups in total. The van der Waals surface area contributed by atoms with Crippen LogP contribution in [0.25, 0.3) is 0 Å². The summed E-state index contributed by atoms with van der Waals surface area (Å²) in [6, 6.07) is 15.8. The lowest BCUT2D eigenvalue weighted by Gasteiger charge is -2.12. The number of aryl methyl sites for hydroxylation is 1. The summed E-state index contributed by atoms with van der Waals surface area (Å²) in [5.74, 6) is -0.482. The molecule has 9 heteroatoms. The van der Waals surface area contributed by atoms with Crippen LogP contribution < -0.4 is 14.8 Å². The van der Waals surface area contributed by atoms with Gasteiger partial charge in [0.15, 0.2) is 6.61 Å². The van der Waals surface area contributed by atoms with Crippen molar-refractivity contribution in [2.45, 2.75) is 11.8 Å². The highest BCUT2D eigenvalue weighted by Gasteiger charge is 2.15. The average Bonchev–Trinajstić information content (AvgIpc) is 2.70. The van der Waals surface area contributed by atoms with Gasteiger partial charge in [0.2, 0.25) is 0 Å². The van der Waals surface area contributed by atoms with Crippen LogP contribution in [-0.2, 0) is 14.8 Å². The van der Waals surface area contributed by atoms with Crippen LogP contribution in [0.3, 0.4) is 0 Å². The molecule has 6 nitrogen and oxygen atoms in total. The van der Waals surface area contributed by atoms with Gasteiger partial charge in [0.1, 0.15) is 11.6 Å². The van der Waals surface area contributed by atoms with Crippen molar-refractivity contribution in [1.82, 2.24) is 0 Å². The Morgan fingerprint density at radius 3 is 2.33 bits per heavy atom. The van der Waals surface area contributed by atoms with Gasteiger partial charge in [-0.3, -0.25) is 9.52 Å². The van der Waals surface area contributed by atoms with Gasteiger partial charge in [-0.25, -0.2) is 12.8 Å². The van der Waals surface area contributed by atoms with Crippen molar-refractivity contribution in [3.63, 3.8) is 0 Å². The predicted molar refractivity (Wildman–Crippen MR) is 114 cm³/mol. The molecular weight excluding hydrogens is 431 g/mol. The van der Waals surface area contributed by atoms with Gasteiger partial charge in [0, 0.05) is 10.7 Å². The van der Waals surface area contributed by atoms with Gasteiger partial charge < -0.3 is 10.1 Å². The second kappa shape index (κ2) is 9.15. The number of sulfonamides is 1. The van der Waals surface area contributed by atoms with Crippen molar-refractivity contribution in [3.05, 3.63) is 83.1 Å². The quantitative estimate of drug-likeness (QED) is 0.553. The van der Waals surface area contributed by atoms with Gasteiger partial charge in [0.05, 0.1) is 10.6 Å². The lowest BCUT2D eigenvalue weighted by atomic mass is 10.2. The summed E-state index contributed by atoms with van der Waals surface area (Å²) in [6.07, 6.45) is 0. The van der Waals surface area contributed by atoms with E-state index in [1.54, 1.807) is 25.1 Å². The molecule has 0 aliphatic heterocycles. The van der Waals surface area contributed by atoms with E-state index in [1.807, 2.05) is 0 Å². The fraction of sp³-hybridized carbons (Fsp3) is 0.0952. The molecule has 0 aromatic heterocycles. The number of benzene rings is 3. The molecule has 0 unspecified atom stereocenters. The molecule has 0 bridgehead atoms. The first-order valence-electron chi connectivity index (χ1n) is 8.80. The van der Waals surface area contributed by atoms with Crippen molar-refractivity contribution in [2.24, 2.45) is 0 Å². The first kappa shape index (κ1) is 21.6. The molecule has 30 heavy (non-hydrogen) atoms. The van der Waals surface area contributed by atoms with Crippen LogP contribution in [0.1, 0.15) is 5.56 Å². The fourth-order valence-electron chi connectivity index (χ4n) is 2.54. The van der Waals surface area contributed by atoms with Gasteiger partial charge in [0.25, 0.3) is 15.9 Å². The zero-order valence-corrected chi connectivity index (χ0v) is 17.4. The molecule has 0 saturated carbocycles. The number of hydrogen-bond donors (Lipinski definition) is 2. The van der Waals surface area contributed by atoms with Crippen molar-refractivity contribution in [2.75, 3.05) is 16.6 Å². The summed E-state index contributed by atoms with van der Waals surface area (Å²) < 4.78 is 45.8. The van der Waals surface area contributed by atoms with E-state index in [4.69, 9.17) is 16.3 Å². The van der Waals surface area contributed by atoms with Crippen LogP contribution in [0.15, 0.2) is 71.6 Å². The Morgan fingerprint density at radius 2 is 1.70 bits per heavy atom. The number of ether oxygens (including phenoxy) is 1. The Morgan fingerprint density at radius 1 is 1.03 bits per heavy atom. The summed E-state index contributed by atoms with van der Waals surface area (Å²) in [6.45, 7) is 1.47. The molecule has 1 amide bonds. The summed E-state index contributed by atoms with van der Waals surface area (Å²) in [5.41, 5.74) is 1.52. The Kier molecular flexibility index (Phi) is 6.59. The molecule has 3 rings (SSSR count). The number of rotatable bonds is 7. The second-order valence-electron chi connectivity index (χ2n) is 6.38. The summed E-state index contributed by atoms with van der Waals surface area (Å²) in [5, 5.41) is 3.11. The van der Waals surface area contributed by atoms with E-state index in [-0.39, 0.29) is 11.5 Å². The number of carbonyl (C=O) groups is 1. The Bertz CT molecular complexity index is 1150. The number of halogens is 2. The molecule has 156 valence electrons. The van der Waals surface area contributed by atoms with Gasteiger partial charge in [-0.1, -0.05) is 11.6 Å². The SMILES string of the molecule is Cc1cc(Cl)ccc1NS(=O)(=O)c1ccc(NC(=O)COc2ccc(F)cc2)cc1. The monoisotopic (exact) mass is 448 g/mol. The minimum atomic E-state index is -3.80. The normalized spacial score (nSPS) is 11.0. The van der Waals surface area contributed by atoms with Crippen LogP contribution in [-0.4, -0.2) is 20.9 Å². The van der Waals surface area contributed by atoms with E-state index in [2.05, 4.69) is 10.0 Å². The van der Waals surface area contributed by atoms with E-state index in [1.165, 1.54) is 48.5 Å². The van der Waals surface area contributed by atoms with E-state index in [0.717, 1.165) is 0 Å². The third-order valence-electron chi connectivity index (χ3n) is 4.06. The molecule has 0 radical (unpaired) electrons. The van der Waals surface area contributed by atoms with E-state index >= 15 is 0 Å². The van der Waals surface area contributed by atoms with Gasteiger partial charge in [-0.15, -0.1) is 0 Å². The zero-order chi connectivity index (χ0) is 21.7. The smallest absolute Gasteiger partial charge is 0.262 e. The standard InChI is InChI=1S/C21H18ClFN2O4S/c1-14-12-15(22)2-11-20(14)25-30(27,28)19-9-5-17(6-10-19)24-21(26)13-29-18-7-3-16(23)4-8-18/h2-12,25H,13H2,1H3,(H,24,26). The maximum absolute atomic E-state index is 12.9. The minimum absolute atomic E-state index is 0.0393. The number of nitrogens with one attached hydrogen (secondary N) is 2. The second-order valence-corrected chi connectivity index (χ2v) is 8.50. The summed E-state index contributed by atoms with van der Waals surface area (Å²) in [7, 11) is -3.80. The Balaban J connectivity index is 1.60. The minimum Gasteiger partial charge on any atom is -0.484 e. The lowest BCUT2D eigenvalue weighted by Crippen LogP contribution is -2.20. The Labute approximate surface area is 178 Å². The molecule has 0 atom stereocenters. The molecule has 0 aliphatic rings. The molecule has 0 saturated heterocycles. The number of amides is 1. The third kappa shape index (κ3) is 5.71. The van der Waals surface area contributed by atoms with Crippen LogP contribution in [0.2, 0.25) is 5.02 Å². The fourth-order valence-corrected chi connectivity index (χ4v) is 3.90. The highest BCUT2D eigenvalue weighted by atomic mass is 35.5. The highest BCUT2D eigenvalue weighted by molar-refractivity contribution is 7.92. The number of hydrogen-bond acceptors (Lipinski definition) is 4. The maximum Gasteiger partial charge on any atom is 0.262 e. The van der Waals surface area contributed by atoms with Crippen molar-refractivity contribution in [1.29, 1.82) is 0 Å². The highest BCUT2D eigenvalue weighted by Crippen LogP contribution is 2.23. The molecule has 3 aromatic rings. The van der Waals surface area contributed by atoms with Crippen LogP contribution in [0.4, 0.5) is 15.8 Å². The number of anilines is 2. The van der Waals surface area contributed by atoms with E-state index in [9.17, 15) is 17.6 Å². The lowest BCUT2D eigenvalue weighted by molar-refractivity contribution is -0.118. The first-order chi connectivity index (χ1) is 14.2.